The van der Waals surface area contributed by atoms with Gasteiger partial charge in [0.1, 0.15) is 5.82 Å². The van der Waals surface area contributed by atoms with Crippen LogP contribution in [0.3, 0.4) is 0 Å². The third-order valence-electron chi connectivity index (χ3n) is 5.16. The summed E-state index contributed by atoms with van der Waals surface area (Å²) in [7, 11) is 4.93. The van der Waals surface area contributed by atoms with E-state index >= 15 is 0 Å². The van der Waals surface area contributed by atoms with Gasteiger partial charge in [-0.25, -0.2) is 9.37 Å². The molecule has 1 aromatic carbocycles. The minimum atomic E-state index is -0.473. The zero-order valence-electron chi connectivity index (χ0n) is 18.0. The third kappa shape index (κ3) is 5.61. The molecule has 3 rings (SSSR count). The van der Waals surface area contributed by atoms with Crippen LogP contribution in [0.25, 0.3) is 0 Å². The number of hydrogen-bond donors (Lipinski definition) is 4. The smallest absolute Gasteiger partial charge is 0.237 e. The third-order valence-corrected chi connectivity index (χ3v) is 5.16. The maximum Gasteiger partial charge on any atom is 0.237 e. The van der Waals surface area contributed by atoms with E-state index < -0.39 is 5.82 Å². The fourth-order valence-electron chi connectivity index (χ4n) is 3.09. The molecule has 0 bridgehead atoms. The topological polar surface area (TPSA) is 100 Å². The number of halogens is 1. The van der Waals surface area contributed by atoms with Crippen molar-refractivity contribution in [3.63, 3.8) is 0 Å². The van der Waals surface area contributed by atoms with E-state index in [1.165, 1.54) is 19.2 Å². The zero-order chi connectivity index (χ0) is 22.4. The molecule has 4 N–H and O–H groups in total. The number of hydrogen-bond acceptors (Lipinski definition) is 7. The van der Waals surface area contributed by atoms with Crippen molar-refractivity contribution >= 4 is 23.4 Å². The summed E-state index contributed by atoms with van der Waals surface area (Å²) in [5.74, 6) is 7.17. The van der Waals surface area contributed by atoms with Crippen molar-refractivity contribution in [1.82, 2.24) is 20.6 Å². The van der Waals surface area contributed by atoms with Crippen LogP contribution in [0.5, 0.6) is 5.75 Å². The van der Waals surface area contributed by atoms with E-state index in [4.69, 9.17) is 4.74 Å². The fraction of sp³-hybridized carbons (Fsp3) is 0.409. The summed E-state index contributed by atoms with van der Waals surface area (Å²) in [6.45, 7) is 1.83. The second kappa shape index (κ2) is 10.1. The van der Waals surface area contributed by atoms with Gasteiger partial charge in [-0.05, 0) is 38.9 Å². The Morgan fingerprint density at radius 3 is 2.74 bits per heavy atom. The number of ether oxygens (including phenoxy) is 1. The molecular formula is C22H27FN6O2. The Morgan fingerprint density at radius 1 is 1.32 bits per heavy atom. The number of amides is 1. The van der Waals surface area contributed by atoms with Crippen molar-refractivity contribution < 1.29 is 13.9 Å². The number of rotatable bonds is 7. The van der Waals surface area contributed by atoms with E-state index in [-0.39, 0.29) is 29.7 Å². The Hall–Kier alpha value is -3.38. The Balaban J connectivity index is 1.60. The average molecular weight is 426 g/mol. The van der Waals surface area contributed by atoms with Crippen LogP contribution in [0.1, 0.15) is 25.3 Å². The van der Waals surface area contributed by atoms with E-state index in [2.05, 4.69) is 43.1 Å². The maximum absolute atomic E-state index is 13.9. The molecule has 0 radical (unpaired) electrons. The summed E-state index contributed by atoms with van der Waals surface area (Å²) >= 11 is 0. The van der Waals surface area contributed by atoms with Gasteiger partial charge in [0, 0.05) is 30.8 Å². The summed E-state index contributed by atoms with van der Waals surface area (Å²) in [5.41, 5.74) is 1.18. The van der Waals surface area contributed by atoms with Gasteiger partial charge in [0.2, 0.25) is 11.9 Å². The molecule has 2 aromatic rings. The van der Waals surface area contributed by atoms with Crippen LogP contribution in [0, 0.1) is 23.6 Å². The van der Waals surface area contributed by atoms with Crippen molar-refractivity contribution in [2.24, 2.45) is 5.92 Å². The summed E-state index contributed by atoms with van der Waals surface area (Å²) in [4.78, 5) is 20.6. The highest BCUT2D eigenvalue weighted by Crippen LogP contribution is 2.27. The van der Waals surface area contributed by atoms with E-state index in [0.29, 0.717) is 23.0 Å². The number of aromatic nitrogens is 2. The molecule has 1 aromatic heterocycles. The lowest BCUT2D eigenvalue weighted by Crippen LogP contribution is -2.49. The standard InChI is InChI=1S/C22H27FN6O2/c1-13(24-2)21(30)27-17-9-14(10-17)5-6-15-12-26-22(29-20(15)25-3)28-16-7-8-19(31-4)18(23)11-16/h7-8,11-14,17,24H,9-10H2,1-4H3,(H,27,30)(H2,25,26,28,29)/t13-,14-,17+/m0/s1. The highest BCUT2D eigenvalue weighted by molar-refractivity contribution is 5.81. The number of anilines is 3. The predicted octanol–water partition coefficient (Wildman–Crippen LogP) is 2.26. The van der Waals surface area contributed by atoms with Crippen LogP contribution in [0.15, 0.2) is 24.4 Å². The molecule has 1 aliphatic carbocycles. The Bertz CT molecular complexity index is 997. The lowest BCUT2D eigenvalue weighted by molar-refractivity contribution is -0.124. The number of carbonyl (C=O) groups excluding carboxylic acids is 1. The van der Waals surface area contributed by atoms with Crippen molar-refractivity contribution in [2.75, 3.05) is 31.8 Å². The van der Waals surface area contributed by atoms with E-state index in [1.807, 2.05) is 6.92 Å². The quantitative estimate of drug-likeness (QED) is 0.504. The largest absolute Gasteiger partial charge is 0.494 e. The first-order valence-corrected chi connectivity index (χ1v) is 10.1. The molecule has 1 fully saturated rings. The van der Waals surface area contributed by atoms with Crippen molar-refractivity contribution in [1.29, 1.82) is 0 Å². The van der Waals surface area contributed by atoms with Crippen molar-refractivity contribution in [2.45, 2.75) is 31.8 Å². The number of benzene rings is 1. The van der Waals surface area contributed by atoms with Crippen molar-refractivity contribution in [3.05, 3.63) is 35.8 Å². The molecular weight excluding hydrogens is 399 g/mol. The van der Waals surface area contributed by atoms with Crippen molar-refractivity contribution in [3.8, 4) is 17.6 Å². The van der Waals surface area contributed by atoms with E-state index in [9.17, 15) is 9.18 Å². The monoisotopic (exact) mass is 426 g/mol. The molecule has 8 nitrogen and oxygen atoms in total. The van der Waals surface area contributed by atoms with Gasteiger partial charge in [0.25, 0.3) is 0 Å². The normalized spacial score (nSPS) is 18.1. The first-order chi connectivity index (χ1) is 14.9. The first-order valence-electron chi connectivity index (χ1n) is 10.1. The lowest BCUT2D eigenvalue weighted by atomic mass is 9.80. The number of likely N-dealkylation sites (N-methyl/N-ethyl adjacent to an activating group) is 1. The molecule has 1 heterocycles. The van der Waals surface area contributed by atoms with E-state index in [0.717, 1.165) is 12.8 Å². The van der Waals surface area contributed by atoms with Gasteiger partial charge in [-0.3, -0.25) is 4.79 Å². The Labute approximate surface area is 181 Å². The van der Waals surface area contributed by atoms with Crippen LogP contribution in [-0.2, 0) is 4.79 Å². The van der Waals surface area contributed by atoms with Crippen LogP contribution < -0.4 is 26.0 Å². The van der Waals surface area contributed by atoms with Gasteiger partial charge in [0.15, 0.2) is 11.6 Å². The average Bonchev–Trinajstić information content (AvgIpc) is 2.75. The predicted molar refractivity (Wildman–Crippen MR) is 118 cm³/mol. The second-order valence-electron chi connectivity index (χ2n) is 7.33. The molecule has 1 saturated carbocycles. The first kappa shape index (κ1) is 22.3. The molecule has 1 atom stereocenters. The molecule has 0 spiro atoms. The second-order valence-corrected chi connectivity index (χ2v) is 7.33. The highest BCUT2D eigenvalue weighted by atomic mass is 19.1. The molecule has 31 heavy (non-hydrogen) atoms. The highest BCUT2D eigenvalue weighted by Gasteiger charge is 2.29. The van der Waals surface area contributed by atoms with E-state index in [1.54, 1.807) is 26.4 Å². The number of nitrogens with one attached hydrogen (secondary N) is 4. The van der Waals surface area contributed by atoms with Gasteiger partial charge >= 0.3 is 0 Å². The fourth-order valence-corrected chi connectivity index (χ4v) is 3.09. The Morgan fingerprint density at radius 2 is 2.10 bits per heavy atom. The minimum Gasteiger partial charge on any atom is -0.494 e. The van der Waals surface area contributed by atoms with Gasteiger partial charge < -0.3 is 26.0 Å². The van der Waals surface area contributed by atoms with Gasteiger partial charge in [-0.15, -0.1) is 0 Å². The molecule has 164 valence electrons. The van der Waals surface area contributed by atoms with Crippen LogP contribution in [0.4, 0.5) is 21.8 Å². The zero-order valence-corrected chi connectivity index (χ0v) is 18.0. The van der Waals surface area contributed by atoms with Crippen LogP contribution >= 0.6 is 0 Å². The SMILES string of the molecule is CNc1nc(Nc2ccc(OC)c(F)c2)ncc1C#C[C@H]1C[C@@H](NC(=O)[C@H](C)NC)C1. The number of carbonyl (C=O) groups is 1. The maximum atomic E-state index is 13.9. The van der Waals surface area contributed by atoms with Gasteiger partial charge in [-0.2, -0.15) is 4.98 Å². The molecule has 1 amide bonds. The molecule has 0 saturated heterocycles. The summed E-state index contributed by atoms with van der Waals surface area (Å²) in [5, 5.41) is 11.9. The molecule has 0 aliphatic heterocycles. The lowest BCUT2D eigenvalue weighted by Gasteiger charge is -2.33. The number of methoxy groups -OCH3 is 1. The molecule has 1 aliphatic rings. The minimum absolute atomic E-state index is 0.00427. The molecule has 0 unspecified atom stereocenters. The summed E-state index contributed by atoms with van der Waals surface area (Å²) in [6, 6.07) is 4.49. The summed E-state index contributed by atoms with van der Waals surface area (Å²) in [6.07, 6.45) is 3.28. The Kier molecular flexibility index (Phi) is 7.26. The van der Waals surface area contributed by atoms with Crippen LogP contribution in [0.2, 0.25) is 0 Å². The van der Waals surface area contributed by atoms with Crippen LogP contribution in [-0.4, -0.2) is 49.2 Å². The number of nitrogens with zero attached hydrogens (tertiary/aromatic N) is 2. The van der Waals surface area contributed by atoms with Gasteiger partial charge in [-0.1, -0.05) is 11.8 Å². The summed E-state index contributed by atoms with van der Waals surface area (Å²) < 4.78 is 18.8. The molecule has 9 heteroatoms. The van der Waals surface area contributed by atoms with Gasteiger partial charge in [0.05, 0.1) is 24.9 Å².